The van der Waals surface area contributed by atoms with Crippen molar-refractivity contribution in [3.63, 3.8) is 0 Å². The average molecular weight is 279 g/mol. The summed E-state index contributed by atoms with van der Waals surface area (Å²) < 4.78 is 5.48. The van der Waals surface area contributed by atoms with Crippen LogP contribution in [0.3, 0.4) is 0 Å². The van der Waals surface area contributed by atoms with Gasteiger partial charge in [-0.2, -0.15) is 0 Å². The number of nitrogens with one attached hydrogen (secondary N) is 2. The summed E-state index contributed by atoms with van der Waals surface area (Å²) in [5.41, 5.74) is 1.08. The SMILES string of the molecule is Cc1cc([C@H](C)NCC(=O)Nc2nccs2)c(C)o1. The number of hydrogen-bond acceptors (Lipinski definition) is 5. The molecule has 0 unspecified atom stereocenters. The van der Waals surface area contributed by atoms with E-state index < -0.39 is 0 Å². The minimum Gasteiger partial charge on any atom is -0.466 e. The van der Waals surface area contributed by atoms with Crippen molar-refractivity contribution in [3.05, 3.63) is 34.7 Å². The van der Waals surface area contributed by atoms with Gasteiger partial charge < -0.3 is 15.1 Å². The van der Waals surface area contributed by atoms with Gasteiger partial charge in [-0.1, -0.05) is 0 Å². The van der Waals surface area contributed by atoms with Crippen LogP contribution in [0, 0.1) is 13.8 Å². The van der Waals surface area contributed by atoms with E-state index >= 15 is 0 Å². The number of anilines is 1. The van der Waals surface area contributed by atoms with E-state index in [4.69, 9.17) is 4.42 Å². The Morgan fingerprint density at radius 1 is 1.53 bits per heavy atom. The van der Waals surface area contributed by atoms with Gasteiger partial charge in [0.25, 0.3) is 0 Å². The summed E-state index contributed by atoms with van der Waals surface area (Å²) in [6.07, 6.45) is 1.66. The van der Waals surface area contributed by atoms with E-state index in [0.29, 0.717) is 5.13 Å². The minimum atomic E-state index is -0.0975. The molecule has 2 aromatic heterocycles. The highest BCUT2D eigenvalue weighted by atomic mass is 32.1. The number of amides is 1. The number of aryl methyl sites for hydroxylation is 2. The van der Waals surface area contributed by atoms with Gasteiger partial charge in [0, 0.05) is 23.2 Å². The number of thiazole rings is 1. The number of carbonyl (C=O) groups excluding carboxylic acids is 1. The lowest BCUT2D eigenvalue weighted by Crippen LogP contribution is -2.30. The van der Waals surface area contributed by atoms with Crippen molar-refractivity contribution in [1.29, 1.82) is 0 Å². The average Bonchev–Trinajstić information content (AvgIpc) is 2.96. The molecule has 0 spiro atoms. The van der Waals surface area contributed by atoms with Crippen LogP contribution in [0.5, 0.6) is 0 Å². The van der Waals surface area contributed by atoms with Gasteiger partial charge in [-0.15, -0.1) is 11.3 Å². The third kappa shape index (κ3) is 3.65. The molecule has 2 rings (SSSR count). The largest absolute Gasteiger partial charge is 0.466 e. The van der Waals surface area contributed by atoms with Crippen molar-refractivity contribution in [2.24, 2.45) is 0 Å². The molecule has 6 heteroatoms. The fraction of sp³-hybridized carbons (Fsp3) is 0.385. The van der Waals surface area contributed by atoms with Crippen molar-refractivity contribution in [3.8, 4) is 0 Å². The van der Waals surface area contributed by atoms with E-state index in [9.17, 15) is 4.79 Å². The summed E-state index contributed by atoms with van der Waals surface area (Å²) in [6, 6.07) is 2.06. The van der Waals surface area contributed by atoms with Crippen LogP contribution in [0.25, 0.3) is 0 Å². The number of hydrogen-bond donors (Lipinski definition) is 2. The zero-order valence-electron chi connectivity index (χ0n) is 11.2. The first-order chi connectivity index (χ1) is 9.06. The molecule has 2 aromatic rings. The zero-order chi connectivity index (χ0) is 13.8. The van der Waals surface area contributed by atoms with Crippen molar-refractivity contribution >= 4 is 22.4 Å². The third-order valence-corrected chi connectivity index (χ3v) is 3.48. The molecular weight excluding hydrogens is 262 g/mol. The van der Waals surface area contributed by atoms with Gasteiger partial charge in [0.2, 0.25) is 5.91 Å². The Morgan fingerprint density at radius 3 is 2.89 bits per heavy atom. The van der Waals surface area contributed by atoms with E-state index in [-0.39, 0.29) is 18.5 Å². The zero-order valence-corrected chi connectivity index (χ0v) is 12.0. The smallest absolute Gasteiger partial charge is 0.240 e. The molecule has 102 valence electrons. The van der Waals surface area contributed by atoms with E-state index in [2.05, 4.69) is 15.6 Å². The van der Waals surface area contributed by atoms with Crippen molar-refractivity contribution in [2.75, 3.05) is 11.9 Å². The first kappa shape index (κ1) is 13.8. The Hall–Kier alpha value is -1.66. The third-order valence-electron chi connectivity index (χ3n) is 2.79. The maximum atomic E-state index is 11.7. The van der Waals surface area contributed by atoms with Gasteiger partial charge in [0.1, 0.15) is 11.5 Å². The van der Waals surface area contributed by atoms with Crippen molar-refractivity contribution in [2.45, 2.75) is 26.8 Å². The van der Waals surface area contributed by atoms with E-state index in [1.54, 1.807) is 6.20 Å². The quantitative estimate of drug-likeness (QED) is 0.883. The van der Waals surface area contributed by atoms with E-state index in [1.807, 2.05) is 32.2 Å². The molecule has 1 atom stereocenters. The first-order valence-electron chi connectivity index (χ1n) is 6.06. The molecule has 2 N–H and O–H groups in total. The summed E-state index contributed by atoms with van der Waals surface area (Å²) >= 11 is 1.40. The van der Waals surface area contributed by atoms with Crippen LogP contribution in [-0.2, 0) is 4.79 Å². The number of nitrogens with zero attached hydrogens (tertiary/aromatic N) is 1. The fourth-order valence-corrected chi connectivity index (χ4v) is 2.43. The molecule has 0 fully saturated rings. The molecule has 2 heterocycles. The molecule has 0 aliphatic carbocycles. The predicted octanol–water partition coefficient (Wildman–Crippen LogP) is 2.64. The Morgan fingerprint density at radius 2 is 2.32 bits per heavy atom. The topological polar surface area (TPSA) is 67.2 Å². The molecule has 0 aliphatic heterocycles. The maximum Gasteiger partial charge on any atom is 0.240 e. The highest BCUT2D eigenvalue weighted by Gasteiger charge is 2.13. The van der Waals surface area contributed by atoms with E-state index in [0.717, 1.165) is 17.1 Å². The molecule has 0 saturated heterocycles. The van der Waals surface area contributed by atoms with Crippen LogP contribution in [0.4, 0.5) is 5.13 Å². The molecule has 0 bridgehead atoms. The second-order valence-electron chi connectivity index (χ2n) is 4.36. The van der Waals surface area contributed by atoms with Crippen LogP contribution in [0.15, 0.2) is 22.1 Å². The molecule has 5 nitrogen and oxygen atoms in total. The predicted molar refractivity (Wildman–Crippen MR) is 75.3 cm³/mol. The lowest BCUT2D eigenvalue weighted by atomic mass is 10.1. The molecule has 0 saturated carbocycles. The van der Waals surface area contributed by atoms with Gasteiger partial charge in [0.15, 0.2) is 5.13 Å². The Balaban J connectivity index is 1.85. The minimum absolute atomic E-state index is 0.0690. The standard InChI is InChI=1S/C13H17N3O2S/c1-8-6-11(10(3)18-8)9(2)15-7-12(17)16-13-14-4-5-19-13/h4-6,9,15H,7H2,1-3H3,(H,14,16,17)/t9-/m0/s1. The molecule has 0 aliphatic rings. The summed E-state index contributed by atoms with van der Waals surface area (Å²) in [6.45, 7) is 6.09. The lowest BCUT2D eigenvalue weighted by molar-refractivity contribution is -0.115. The number of furan rings is 1. The van der Waals surface area contributed by atoms with Gasteiger partial charge in [0.05, 0.1) is 6.54 Å². The van der Waals surface area contributed by atoms with E-state index in [1.165, 1.54) is 11.3 Å². The van der Waals surface area contributed by atoms with Crippen molar-refractivity contribution in [1.82, 2.24) is 10.3 Å². The van der Waals surface area contributed by atoms with Crippen LogP contribution in [0.2, 0.25) is 0 Å². The second-order valence-corrected chi connectivity index (χ2v) is 5.25. The number of rotatable bonds is 5. The highest BCUT2D eigenvalue weighted by Crippen LogP contribution is 2.20. The normalized spacial score (nSPS) is 12.4. The molecule has 0 aromatic carbocycles. The summed E-state index contributed by atoms with van der Waals surface area (Å²) in [4.78, 5) is 15.7. The highest BCUT2D eigenvalue weighted by molar-refractivity contribution is 7.13. The van der Waals surface area contributed by atoms with Crippen LogP contribution in [-0.4, -0.2) is 17.4 Å². The van der Waals surface area contributed by atoms with Gasteiger partial charge in [-0.05, 0) is 26.8 Å². The van der Waals surface area contributed by atoms with Crippen LogP contribution in [0.1, 0.15) is 30.0 Å². The molecule has 19 heavy (non-hydrogen) atoms. The van der Waals surface area contributed by atoms with Gasteiger partial charge in [-0.3, -0.25) is 4.79 Å². The van der Waals surface area contributed by atoms with Crippen molar-refractivity contribution < 1.29 is 9.21 Å². The fourth-order valence-electron chi connectivity index (χ4n) is 1.88. The van der Waals surface area contributed by atoms with Gasteiger partial charge >= 0.3 is 0 Å². The Bertz CT molecular complexity index is 548. The Kier molecular flexibility index (Phi) is 4.34. The number of carbonyl (C=O) groups is 1. The molecular formula is C13H17N3O2S. The molecule has 0 radical (unpaired) electrons. The van der Waals surface area contributed by atoms with Gasteiger partial charge in [-0.25, -0.2) is 4.98 Å². The monoisotopic (exact) mass is 279 g/mol. The summed E-state index contributed by atoms with van der Waals surface area (Å²) in [5.74, 6) is 1.67. The van der Waals surface area contributed by atoms with Crippen LogP contribution < -0.4 is 10.6 Å². The van der Waals surface area contributed by atoms with Crippen LogP contribution >= 0.6 is 11.3 Å². The Labute approximate surface area is 116 Å². The molecule has 1 amide bonds. The second kappa shape index (κ2) is 5.99. The number of aromatic nitrogens is 1. The first-order valence-corrected chi connectivity index (χ1v) is 6.94. The summed E-state index contributed by atoms with van der Waals surface area (Å²) in [5, 5.41) is 8.34. The lowest BCUT2D eigenvalue weighted by Gasteiger charge is -2.12. The summed E-state index contributed by atoms with van der Waals surface area (Å²) in [7, 11) is 0. The maximum absolute atomic E-state index is 11.7.